The van der Waals surface area contributed by atoms with Gasteiger partial charge in [-0.2, -0.15) is 0 Å². The van der Waals surface area contributed by atoms with Crippen molar-refractivity contribution in [3.63, 3.8) is 0 Å². The Hall–Kier alpha value is -2.39. The molecule has 0 spiro atoms. The largest absolute Gasteiger partial charge is 0.357 e. The lowest BCUT2D eigenvalue weighted by molar-refractivity contribution is -0.109. The summed E-state index contributed by atoms with van der Waals surface area (Å²) >= 11 is 0. The van der Waals surface area contributed by atoms with Crippen LogP contribution in [0.3, 0.4) is 0 Å². The molecule has 0 radical (unpaired) electrons. The Morgan fingerprint density at radius 2 is 1.46 bits per heavy atom. The molecular weight excluding hydrogens is 296 g/mol. The molecule has 3 nitrogen and oxygen atoms in total. The Morgan fingerprint density at radius 3 is 1.96 bits per heavy atom. The Labute approximate surface area is 144 Å². The molecular formula is C21H24N2O. The molecule has 0 unspecified atom stereocenters. The van der Waals surface area contributed by atoms with Gasteiger partial charge in [-0.3, -0.25) is 4.79 Å². The van der Waals surface area contributed by atoms with Gasteiger partial charge in [0.15, 0.2) is 0 Å². The lowest BCUT2D eigenvalue weighted by Crippen LogP contribution is -2.36. The second-order valence-electron chi connectivity index (χ2n) is 6.12. The predicted octanol–water partition coefficient (Wildman–Crippen LogP) is 3.33. The van der Waals surface area contributed by atoms with E-state index in [1.165, 1.54) is 22.3 Å². The number of likely N-dealkylation sites (tertiary alicyclic amines) is 1. The molecule has 1 saturated heterocycles. The summed E-state index contributed by atoms with van der Waals surface area (Å²) < 4.78 is 0. The smallest absolute Gasteiger partial charge is 0.207 e. The first-order valence-corrected chi connectivity index (χ1v) is 8.61. The Balaban J connectivity index is 1.82. The zero-order valence-electron chi connectivity index (χ0n) is 13.9. The molecule has 1 fully saturated rings. The zero-order chi connectivity index (χ0) is 16.6. The van der Waals surface area contributed by atoms with Gasteiger partial charge in [0.05, 0.1) is 0 Å². The second-order valence-corrected chi connectivity index (χ2v) is 6.12. The van der Waals surface area contributed by atoms with Crippen molar-refractivity contribution in [1.82, 2.24) is 10.2 Å². The maximum Gasteiger partial charge on any atom is 0.207 e. The highest BCUT2D eigenvalue weighted by atomic mass is 16.1. The van der Waals surface area contributed by atoms with E-state index in [2.05, 4.69) is 70.9 Å². The summed E-state index contributed by atoms with van der Waals surface area (Å²) in [5.74, 6) is 0. The minimum atomic E-state index is 0.729. The van der Waals surface area contributed by atoms with Crippen LogP contribution in [-0.2, 0) is 4.79 Å². The first-order valence-electron chi connectivity index (χ1n) is 8.61. The van der Waals surface area contributed by atoms with Crippen molar-refractivity contribution in [3.8, 4) is 0 Å². The van der Waals surface area contributed by atoms with Crippen LogP contribution >= 0.6 is 0 Å². The number of hydrogen-bond donors (Lipinski definition) is 1. The highest BCUT2D eigenvalue weighted by molar-refractivity contribution is 5.82. The number of hydrogen-bond acceptors (Lipinski definition) is 2. The summed E-state index contributed by atoms with van der Waals surface area (Å²) in [6.45, 7) is 3.77. The fraction of sp³-hybridized carbons (Fsp3) is 0.286. The van der Waals surface area contributed by atoms with E-state index in [-0.39, 0.29) is 0 Å². The van der Waals surface area contributed by atoms with Crippen LogP contribution in [0.4, 0.5) is 0 Å². The van der Waals surface area contributed by atoms with Gasteiger partial charge in [-0.1, -0.05) is 66.2 Å². The van der Waals surface area contributed by atoms with Gasteiger partial charge >= 0.3 is 0 Å². The van der Waals surface area contributed by atoms with Gasteiger partial charge in [-0.05, 0) is 29.5 Å². The minimum absolute atomic E-state index is 0.729. The van der Waals surface area contributed by atoms with Crippen molar-refractivity contribution in [3.05, 3.63) is 77.4 Å². The van der Waals surface area contributed by atoms with Crippen LogP contribution in [0.25, 0.3) is 5.57 Å². The van der Waals surface area contributed by atoms with Crippen LogP contribution in [-0.4, -0.2) is 37.5 Å². The van der Waals surface area contributed by atoms with E-state index in [1.807, 2.05) is 0 Å². The molecule has 124 valence electrons. The summed E-state index contributed by atoms with van der Waals surface area (Å²) in [4.78, 5) is 12.8. The van der Waals surface area contributed by atoms with E-state index in [4.69, 9.17) is 0 Å². The number of rotatable bonds is 6. The molecule has 2 aromatic carbocycles. The molecule has 1 N–H and O–H groups in total. The van der Waals surface area contributed by atoms with Gasteiger partial charge < -0.3 is 10.2 Å². The number of benzene rings is 2. The maximum atomic E-state index is 10.4. The Kier molecular flexibility index (Phi) is 5.80. The third-order valence-electron chi connectivity index (χ3n) is 4.59. The first-order chi connectivity index (χ1) is 11.9. The fourth-order valence-corrected chi connectivity index (χ4v) is 3.36. The van der Waals surface area contributed by atoms with Crippen molar-refractivity contribution in [2.45, 2.75) is 12.8 Å². The zero-order valence-corrected chi connectivity index (χ0v) is 13.9. The van der Waals surface area contributed by atoms with E-state index < -0.39 is 0 Å². The summed E-state index contributed by atoms with van der Waals surface area (Å²) in [5, 5.41) is 2.75. The van der Waals surface area contributed by atoms with Gasteiger partial charge in [-0.25, -0.2) is 0 Å². The summed E-state index contributed by atoms with van der Waals surface area (Å²) in [6.07, 6.45) is 2.94. The number of carbonyl (C=O) groups excluding carboxylic acids is 1. The van der Waals surface area contributed by atoms with Crippen molar-refractivity contribution in [2.75, 3.05) is 26.2 Å². The standard InChI is InChI=1S/C21H24N2O/c24-17-22-13-16-23-14-11-20(12-15-23)21(18-7-3-1-4-8-18)19-9-5-2-6-10-19/h1-10,17H,11-16H2,(H,22,24). The molecule has 3 rings (SSSR count). The molecule has 1 aliphatic heterocycles. The van der Waals surface area contributed by atoms with Gasteiger partial charge in [-0.15, -0.1) is 0 Å². The van der Waals surface area contributed by atoms with Crippen molar-refractivity contribution in [1.29, 1.82) is 0 Å². The summed E-state index contributed by atoms with van der Waals surface area (Å²) in [7, 11) is 0. The van der Waals surface area contributed by atoms with Gasteiger partial charge in [0.2, 0.25) is 6.41 Å². The average Bonchev–Trinajstić information content (AvgIpc) is 2.65. The summed E-state index contributed by atoms with van der Waals surface area (Å²) in [6, 6.07) is 21.4. The monoisotopic (exact) mass is 320 g/mol. The van der Waals surface area contributed by atoms with Crippen molar-refractivity contribution < 1.29 is 4.79 Å². The number of piperidine rings is 1. The molecule has 0 aliphatic carbocycles. The third kappa shape index (κ3) is 4.12. The van der Waals surface area contributed by atoms with E-state index in [1.54, 1.807) is 0 Å². The SMILES string of the molecule is O=CNCCN1CCC(=C(c2ccccc2)c2ccccc2)CC1. The lowest BCUT2D eigenvalue weighted by atomic mass is 9.88. The van der Waals surface area contributed by atoms with E-state index >= 15 is 0 Å². The van der Waals surface area contributed by atoms with Crippen molar-refractivity contribution in [2.24, 2.45) is 0 Å². The minimum Gasteiger partial charge on any atom is -0.357 e. The normalized spacial score (nSPS) is 15.1. The van der Waals surface area contributed by atoms with Crippen LogP contribution in [0.2, 0.25) is 0 Å². The first kappa shape index (κ1) is 16.5. The number of nitrogens with zero attached hydrogens (tertiary/aromatic N) is 1. The van der Waals surface area contributed by atoms with E-state index in [0.717, 1.165) is 45.4 Å². The molecule has 1 amide bonds. The highest BCUT2D eigenvalue weighted by Crippen LogP contribution is 2.32. The lowest BCUT2D eigenvalue weighted by Gasteiger charge is -2.30. The molecule has 1 aliphatic rings. The molecule has 2 aromatic rings. The molecule has 3 heteroatoms. The van der Waals surface area contributed by atoms with E-state index in [0.29, 0.717) is 0 Å². The summed E-state index contributed by atoms with van der Waals surface area (Å²) in [5.41, 5.74) is 5.53. The predicted molar refractivity (Wildman–Crippen MR) is 98.6 cm³/mol. The quantitative estimate of drug-likeness (QED) is 0.654. The molecule has 0 aromatic heterocycles. The molecule has 0 atom stereocenters. The number of nitrogens with one attached hydrogen (secondary N) is 1. The van der Waals surface area contributed by atoms with E-state index in [9.17, 15) is 4.79 Å². The number of amides is 1. The molecule has 1 heterocycles. The Morgan fingerprint density at radius 1 is 0.917 bits per heavy atom. The van der Waals surface area contributed by atoms with Gasteiger partial charge in [0.1, 0.15) is 0 Å². The van der Waals surface area contributed by atoms with Crippen LogP contribution < -0.4 is 5.32 Å². The van der Waals surface area contributed by atoms with Gasteiger partial charge in [0.25, 0.3) is 0 Å². The fourth-order valence-electron chi connectivity index (χ4n) is 3.36. The Bertz CT molecular complexity index is 628. The highest BCUT2D eigenvalue weighted by Gasteiger charge is 2.18. The van der Waals surface area contributed by atoms with Gasteiger partial charge in [0, 0.05) is 26.2 Å². The molecule has 0 saturated carbocycles. The second kappa shape index (κ2) is 8.46. The molecule has 0 bridgehead atoms. The van der Waals surface area contributed by atoms with Crippen LogP contribution in [0, 0.1) is 0 Å². The van der Waals surface area contributed by atoms with Crippen LogP contribution in [0.1, 0.15) is 24.0 Å². The van der Waals surface area contributed by atoms with Crippen LogP contribution in [0.15, 0.2) is 66.2 Å². The topological polar surface area (TPSA) is 32.3 Å². The maximum absolute atomic E-state index is 10.4. The van der Waals surface area contributed by atoms with Crippen LogP contribution in [0.5, 0.6) is 0 Å². The molecule has 24 heavy (non-hydrogen) atoms. The average molecular weight is 320 g/mol. The number of carbonyl (C=O) groups is 1. The third-order valence-corrected chi connectivity index (χ3v) is 4.59. The van der Waals surface area contributed by atoms with Crippen molar-refractivity contribution >= 4 is 12.0 Å².